The number of rotatable bonds is 1. The predicted octanol–water partition coefficient (Wildman–Crippen LogP) is 2.09. The summed E-state index contributed by atoms with van der Waals surface area (Å²) in [5.41, 5.74) is 8.15. The summed E-state index contributed by atoms with van der Waals surface area (Å²) in [7, 11) is 0. The predicted molar refractivity (Wildman–Crippen MR) is 48.9 cm³/mol. The van der Waals surface area contributed by atoms with Crippen LogP contribution in [0.1, 0.15) is 27.2 Å². The van der Waals surface area contributed by atoms with Crippen molar-refractivity contribution in [2.24, 2.45) is 22.4 Å². The minimum atomic E-state index is -0.567. The molecule has 4 atom stereocenters. The van der Waals surface area contributed by atoms with E-state index in [9.17, 15) is 5.11 Å². The SMILES string of the molecule is CC1(C)[C@@H]2C[C@@H](O)[C@](C)(N=[N+]=[N-])[C@@H]21. The Balaban J connectivity index is 2.33. The third-order valence-electron chi connectivity index (χ3n) is 4.09. The van der Waals surface area contributed by atoms with Gasteiger partial charge in [-0.2, -0.15) is 0 Å². The molecule has 0 spiro atoms. The van der Waals surface area contributed by atoms with Crippen LogP contribution in [0.5, 0.6) is 0 Å². The summed E-state index contributed by atoms with van der Waals surface area (Å²) in [5, 5.41) is 13.5. The van der Waals surface area contributed by atoms with Crippen LogP contribution in [-0.2, 0) is 0 Å². The van der Waals surface area contributed by atoms with Gasteiger partial charge in [-0.15, -0.1) is 0 Å². The van der Waals surface area contributed by atoms with E-state index in [1.807, 2.05) is 6.92 Å². The largest absolute Gasteiger partial charge is 0.392 e. The summed E-state index contributed by atoms with van der Waals surface area (Å²) >= 11 is 0. The fourth-order valence-electron chi connectivity index (χ4n) is 3.26. The van der Waals surface area contributed by atoms with E-state index in [4.69, 9.17) is 5.53 Å². The number of nitrogens with zero attached hydrogens (tertiary/aromatic N) is 3. The van der Waals surface area contributed by atoms with Gasteiger partial charge in [0.25, 0.3) is 0 Å². The van der Waals surface area contributed by atoms with Gasteiger partial charge >= 0.3 is 0 Å². The molecule has 0 unspecified atom stereocenters. The van der Waals surface area contributed by atoms with Crippen molar-refractivity contribution in [2.75, 3.05) is 0 Å². The van der Waals surface area contributed by atoms with Gasteiger partial charge in [0, 0.05) is 4.91 Å². The molecule has 0 heterocycles. The molecule has 0 bridgehead atoms. The normalized spacial score (nSPS) is 50.9. The van der Waals surface area contributed by atoms with Gasteiger partial charge in [0.15, 0.2) is 0 Å². The van der Waals surface area contributed by atoms with E-state index in [2.05, 4.69) is 23.9 Å². The highest BCUT2D eigenvalue weighted by Crippen LogP contribution is 2.71. The van der Waals surface area contributed by atoms with Crippen LogP contribution in [0, 0.1) is 17.3 Å². The Hall–Kier alpha value is -0.730. The second-order valence-corrected chi connectivity index (χ2v) is 5.07. The molecule has 13 heavy (non-hydrogen) atoms. The maximum atomic E-state index is 9.75. The second-order valence-electron chi connectivity index (χ2n) is 5.07. The number of aliphatic hydroxyl groups is 1. The molecular weight excluding hydrogens is 166 g/mol. The summed E-state index contributed by atoms with van der Waals surface area (Å²) in [6, 6.07) is 0. The van der Waals surface area contributed by atoms with Crippen LogP contribution < -0.4 is 0 Å². The van der Waals surface area contributed by atoms with Crippen molar-refractivity contribution in [3.05, 3.63) is 10.4 Å². The molecule has 1 N–H and O–H groups in total. The van der Waals surface area contributed by atoms with E-state index in [0.717, 1.165) is 6.42 Å². The van der Waals surface area contributed by atoms with Crippen molar-refractivity contribution in [1.82, 2.24) is 0 Å². The van der Waals surface area contributed by atoms with Gasteiger partial charge in [0.05, 0.1) is 11.6 Å². The molecule has 0 aromatic carbocycles. The van der Waals surface area contributed by atoms with E-state index < -0.39 is 11.6 Å². The Labute approximate surface area is 77.6 Å². The molecule has 0 aromatic rings. The van der Waals surface area contributed by atoms with Crippen LogP contribution >= 0.6 is 0 Å². The number of hydrogen-bond donors (Lipinski definition) is 1. The number of azide groups is 1. The first-order chi connectivity index (χ1) is 5.94. The quantitative estimate of drug-likeness (QED) is 0.375. The van der Waals surface area contributed by atoms with Gasteiger partial charge in [-0.1, -0.05) is 25.9 Å². The molecule has 2 aliphatic carbocycles. The molecule has 2 fully saturated rings. The first kappa shape index (κ1) is 8.85. The standard InChI is InChI=1S/C9H15N3O/c1-8(2)5-4-6(13)9(3,7(5)8)11-12-10/h5-7,13H,4H2,1-3H3/t5-,6-,7+,9+/m1/s1. The monoisotopic (exact) mass is 181 g/mol. The molecular formula is C9H15N3O. The Bertz CT molecular complexity index is 295. The van der Waals surface area contributed by atoms with Crippen molar-refractivity contribution >= 4 is 0 Å². The minimum absolute atomic E-state index is 0.252. The van der Waals surface area contributed by atoms with Crippen LogP contribution in [-0.4, -0.2) is 16.7 Å². The molecule has 4 heteroatoms. The van der Waals surface area contributed by atoms with Crippen LogP contribution in [0.3, 0.4) is 0 Å². The number of aliphatic hydroxyl groups excluding tert-OH is 1. The molecule has 2 aliphatic rings. The van der Waals surface area contributed by atoms with Crippen LogP contribution in [0.15, 0.2) is 5.11 Å². The van der Waals surface area contributed by atoms with Gasteiger partial charge in [-0.25, -0.2) is 0 Å². The average molecular weight is 181 g/mol. The van der Waals surface area contributed by atoms with Crippen molar-refractivity contribution in [2.45, 2.75) is 38.8 Å². The fraction of sp³-hybridized carbons (Fsp3) is 1.00. The zero-order valence-electron chi connectivity index (χ0n) is 8.23. The lowest BCUT2D eigenvalue weighted by atomic mass is 9.86. The summed E-state index contributed by atoms with van der Waals surface area (Å²) in [6.45, 7) is 6.23. The van der Waals surface area contributed by atoms with Gasteiger partial charge in [0.2, 0.25) is 0 Å². The highest BCUT2D eigenvalue weighted by atomic mass is 16.3. The van der Waals surface area contributed by atoms with Gasteiger partial charge < -0.3 is 5.11 Å². The third-order valence-corrected chi connectivity index (χ3v) is 4.09. The molecule has 4 nitrogen and oxygen atoms in total. The van der Waals surface area contributed by atoms with Crippen molar-refractivity contribution in [3.63, 3.8) is 0 Å². The lowest BCUT2D eigenvalue weighted by Gasteiger charge is -2.28. The lowest BCUT2D eigenvalue weighted by Crippen LogP contribution is -2.38. The van der Waals surface area contributed by atoms with Crippen molar-refractivity contribution in [3.8, 4) is 0 Å². The second kappa shape index (κ2) is 2.20. The summed E-state index contributed by atoms with van der Waals surface area (Å²) in [6.07, 6.45) is 0.333. The summed E-state index contributed by atoms with van der Waals surface area (Å²) in [5.74, 6) is 0.906. The minimum Gasteiger partial charge on any atom is -0.392 e. The van der Waals surface area contributed by atoms with E-state index in [1.165, 1.54) is 0 Å². The number of fused-ring (bicyclic) bond motifs is 1. The highest BCUT2D eigenvalue weighted by molar-refractivity contribution is 5.23. The first-order valence-corrected chi connectivity index (χ1v) is 4.69. The smallest absolute Gasteiger partial charge is 0.0754 e. The zero-order chi connectivity index (χ0) is 9.85. The lowest BCUT2D eigenvalue weighted by molar-refractivity contribution is 0.0821. The van der Waals surface area contributed by atoms with Crippen LogP contribution in [0.4, 0.5) is 0 Å². The molecule has 0 aromatic heterocycles. The highest BCUT2D eigenvalue weighted by Gasteiger charge is 2.71. The van der Waals surface area contributed by atoms with E-state index in [0.29, 0.717) is 11.8 Å². The molecule has 2 saturated carbocycles. The zero-order valence-corrected chi connectivity index (χ0v) is 8.23. The molecule has 2 rings (SSSR count). The summed E-state index contributed by atoms with van der Waals surface area (Å²) < 4.78 is 0. The maximum Gasteiger partial charge on any atom is 0.0754 e. The Kier molecular flexibility index (Phi) is 1.49. The van der Waals surface area contributed by atoms with Crippen LogP contribution in [0.2, 0.25) is 0 Å². The van der Waals surface area contributed by atoms with E-state index in [1.54, 1.807) is 0 Å². The van der Waals surface area contributed by atoms with Crippen molar-refractivity contribution < 1.29 is 5.11 Å². The Morgan fingerprint density at radius 3 is 2.54 bits per heavy atom. The van der Waals surface area contributed by atoms with Gasteiger partial charge in [0.1, 0.15) is 0 Å². The van der Waals surface area contributed by atoms with Gasteiger partial charge in [-0.05, 0) is 29.2 Å². The first-order valence-electron chi connectivity index (χ1n) is 4.69. The molecule has 0 aliphatic heterocycles. The van der Waals surface area contributed by atoms with E-state index >= 15 is 0 Å². The van der Waals surface area contributed by atoms with Crippen molar-refractivity contribution in [1.29, 1.82) is 0 Å². The Morgan fingerprint density at radius 1 is 1.46 bits per heavy atom. The topological polar surface area (TPSA) is 69.0 Å². The molecule has 0 saturated heterocycles. The van der Waals surface area contributed by atoms with Crippen LogP contribution in [0.25, 0.3) is 10.4 Å². The summed E-state index contributed by atoms with van der Waals surface area (Å²) in [4.78, 5) is 2.85. The third kappa shape index (κ3) is 0.875. The average Bonchev–Trinajstić information content (AvgIpc) is 2.40. The van der Waals surface area contributed by atoms with E-state index in [-0.39, 0.29) is 5.41 Å². The van der Waals surface area contributed by atoms with Gasteiger partial charge in [-0.3, -0.25) is 0 Å². The fourth-order valence-corrected chi connectivity index (χ4v) is 3.26. The Morgan fingerprint density at radius 2 is 2.08 bits per heavy atom. The maximum absolute atomic E-state index is 9.75. The number of hydrogen-bond acceptors (Lipinski definition) is 2. The molecule has 72 valence electrons. The molecule has 0 amide bonds. The molecule has 0 radical (unpaired) electrons.